The summed E-state index contributed by atoms with van der Waals surface area (Å²) in [6.45, 7) is 0.422. The summed E-state index contributed by atoms with van der Waals surface area (Å²) < 4.78 is 15.9. The Balaban J connectivity index is 1.92. The fourth-order valence-corrected chi connectivity index (χ4v) is 2.13. The van der Waals surface area contributed by atoms with E-state index >= 15 is 0 Å². The second kappa shape index (κ2) is 5.71. The Morgan fingerprint density at radius 1 is 1.14 bits per heavy atom. The number of methoxy groups -OCH3 is 1. The molecule has 0 bridgehead atoms. The molecule has 3 aromatic rings. The average molecular weight is 282 g/mol. The summed E-state index contributed by atoms with van der Waals surface area (Å²) in [5, 5.41) is 0.832. The minimum atomic E-state index is -0.419. The number of benzene rings is 2. The van der Waals surface area contributed by atoms with E-state index < -0.39 is 5.97 Å². The van der Waals surface area contributed by atoms with Crippen molar-refractivity contribution in [3.63, 3.8) is 0 Å². The van der Waals surface area contributed by atoms with Crippen LogP contribution in [0.2, 0.25) is 0 Å². The van der Waals surface area contributed by atoms with Gasteiger partial charge >= 0.3 is 5.97 Å². The summed E-state index contributed by atoms with van der Waals surface area (Å²) in [4.78, 5) is 11.7. The molecule has 4 nitrogen and oxygen atoms in total. The van der Waals surface area contributed by atoms with Crippen molar-refractivity contribution in [1.29, 1.82) is 0 Å². The summed E-state index contributed by atoms with van der Waals surface area (Å²) in [5.41, 5.74) is 2.06. The fourth-order valence-electron chi connectivity index (χ4n) is 2.13. The molecule has 0 N–H and O–H groups in total. The first-order valence-corrected chi connectivity index (χ1v) is 6.54. The first kappa shape index (κ1) is 13.2. The highest BCUT2D eigenvalue weighted by Crippen LogP contribution is 2.29. The Kier molecular flexibility index (Phi) is 3.60. The van der Waals surface area contributed by atoms with Crippen LogP contribution in [0, 0.1) is 0 Å². The summed E-state index contributed by atoms with van der Waals surface area (Å²) >= 11 is 0. The number of hydrogen-bond donors (Lipinski definition) is 0. The number of carbonyl (C=O) groups is 1. The molecule has 0 amide bonds. The molecular weight excluding hydrogens is 268 g/mol. The number of esters is 1. The topological polar surface area (TPSA) is 48.7 Å². The fraction of sp³-hybridized carbons (Fsp3) is 0.118. The largest absolute Gasteiger partial charge is 0.488 e. The van der Waals surface area contributed by atoms with Crippen LogP contribution in [-0.4, -0.2) is 13.1 Å². The number of ether oxygens (including phenoxy) is 2. The predicted molar refractivity (Wildman–Crippen MR) is 78.3 cm³/mol. The molecular formula is C17H14O4. The lowest BCUT2D eigenvalue weighted by Gasteiger charge is -2.09. The lowest BCUT2D eigenvalue weighted by Crippen LogP contribution is -2.02. The third-order valence-corrected chi connectivity index (χ3v) is 3.19. The van der Waals surface area contributed by atoms with E-state index in [2.05, 4.69) is 0 Å². The second-order valence-electron chi connectivity index (χ2n) is 4.57. The zero-order valence-electron chi connectivity index (χ0n) is 11.5. The number of rotatable bonds is 4. The van der Waals surface area contributed by atoms with E-state index in [1.165, 1.54) is 7.11 Å². The van der Waals surface area contributed by atoms with Crippen LogP contribution in [0.1, 0.15) is 15.9 Å². The van der Waals surface area contributed by atoms with E-state index in [4.69, 9.17) is 13.9 Å². The van der Waals surface area contributed by atoms with E-state index in [-0.39, 0.29) is 0 Å². The van der Waals surface area contributed by atoms with E-state index in [0.29, 0.717) is 23.5 Å². The summed E-state index contributed by atoms with van der Waals surface area (Å²) in [6, 6.07) is 15.0. The van der Waals surface area contributed by atoms with E-state index in [9.17, 15) is 4.79 Å². The molecule has 0 radical (unpaired) electrons. The first-order chi connectivity index (χ1) is 10.3. The van der Waals surface area contributed by atoms with Crippen LogP contribution in [0.5, 0.6) is 5.75 Å². The van der Waals surface area contributed by atoms with Gasteiger partial charge in [0.05, 0.1) is 24.3 Å². The maximum Gasteiger partial charge on any atom is 0.338 e. The Hall–Kier alpha value is -2.75. The SMILES string of the molecule is COC(=O)c1cc(OCc2ccccc2)c2ccoc2c1. The van der Waals surface area contributed by atoms with Crippen molar-refractivity contribution in [3.05, 3.63) is 65.9 Å². The maximum atomic E-state index is 11.7. The van der Waals surface area contributed by atoms with Crippen molar-refractivity contribution in [3.8, 4) is 5.75 Å². The molecule has 4 heteroatoms. The van der Waals surface area contributed by atoms with Gasteiger partial charge in [-0.3, -0.25) is 0 Å². The number of carbonyl (C=O) groups excluding carboxylic acids is 1. The van der Waals surface area contributed by atoms with Crippen LogP contribution < -0.4 is 4.74 Å². The molecule has 21 heavy (non-hydrogen) atoms. The first-order valence-electron chi connectivity index (χ1n) is 6.54. The number of furan rings is 1. The quantitative estimate of drug-likeness (QED) is 0.683. The molecule has 3 rings (SSSR count). The Morgan fingerprint density at radius 2 is 1.95 bits per heavy atom. The molecule has 106 valence electrons. The van der Waals surface area contributed by atoms with Gasteiger partial charge < -0.3 is 13.9 Å². The van der Waals surface area contributed by atoms with Gasteiger partial charge in [0.15, 0.2) is 0 Å². The van der Waals surface area contributed by atoms with Gasteiger partial charge in [-0.2, -0.15) is 0 Å². The molecule has 0 spiro atoms. The average Bonchev–Trinajstić information content (AvgIpc) is 3.01. The molecule has 0 saturated heterocycles. The van der Waals surface area contributed by atoms with Gasteiger partial charge in [-0.1, -0.05) is 30.3 Å². The minimum Gasteiger partial charge on any atom is -0.488 e. The summed E-state index contributed by atoms with van der Waals surface area (Å²) in [5.74, 6) is 0.184. The highest BCUT2D eigenvalue weighted by molar-refractivity contribution is 5.96. The highest BCUT2D eigenvalue weighted by atomic mass is 16.5. The Bertz CT molecular complexity index is 759. The zero-order valence-corrected chi connectivity index (χ0v) is 11.5. The van der Waals surface area contributed by atoms with Crippen LogP contribution in [0.25, 0.3) is 11.0 Å². The third-order valence-electron chi connectivity index (χ3n) is 3.19. The van der Waals surface area contributed by atoms with Crippen molar-refractivity contribution in [2.75, 3.05) is 7.11 Å². The van der Waals surface area contributed by atoms with Crippen molar-refractivity contribution >= 4 is 16.9 Å². The predicted octanol–water partition coefficient (Wildman–Crippen LogP) is 3.80. The van der Waals surface area contributed by atoms with Gasteiger partial charge in [0.25, 0.3) is 0 Å². The second-order valence-corrected chi connectivity index (χ2v) is 4.57. The molecule has 0 aliphatic heterocycles. The number of hydrogen-bond acceptors (Lipinski definition) is 4. The van der Waals surface area contributed by atoms with Crippen LogP contribution in [0.15, 0.2) is 59.2 Å². The summed E-state index contributed by atoms with van der Waals surface area (Å²) in [6.07, 6.45) is 1.57. The molecule has 0 atom stereocenters. The molecule has 1 aromatic heterocycles. The Morgan fingerprint density at radius 3 is 2.71 bits per heavy atom. The van der Waals surface area contributed by atoms with Crippen LogP contribution in [0.3, 0.4) is 0 Å². The molecule has 0 aliphatic carbocycles. The van der Waals surface area contributed by atoms with Crippen LogP contribution in [0.4, 0.5) is 0 Å². The molecule has 0 saturated carbocycles. The van der Waals surface area contributed by atoms with E-state index in [1.54, 1.807) is 18.4 Å². The molecule has 0 fully saturated rings. The molecule has 0 aliphatic rings. The van der Waals surface area contributed by atoms with E-state index in [0.717, 1.165) is 10.9 Å². The minimum absolute atomic E-state index is 0.406. The smallest absolute Gasteiger partial charge is 0.338 e. The van der Waals surface area contributed by atoms with Gasteiger partial charge in [-0.15, -0.1) is 0 Å². The van der Waals surface area contributed by atoms with Gasteiger partial charge in [-0.05, 0) is 23.8 Å². The maximum absolute atomic E-state index is 11.7. The van der Waals surface area contributed by atoms with Gasteiger partial charge in [0.1, 0.15) is 17.9 Å². The molecule has 0 unspecified atom stereocenters. The zero-order chi connectivity index (χ0) is 14.7. The van der Waals surface area contributed by atoms with Crippen molar-refractivity contribution in [1.82, 2.24) is 0 Å². The third kappa shape index (κ3) is 2.74. The van der Waals surface area contributed by atoms with Crippen LogP contribution >= 0.6 is 0 Å². The van der Waals surface area contributed by atoms with Crippen molar-refractivity contribution < 1.29 is 18.7 Å². The van der Waals surface area contributed by atoms with Gasteiger partial charge in [0.2, 0.25) is 0 Å². The van der Waals surface area contributed by atoms with Crippen molar-refractivity contribution in [2.24, 2.45) is 0 Å². The standard InChI is InChI=1S/C17H14O4/c1-19-17(18)13-9-15-14(7-8-20-15)16(10-13)21-11-12-5-3-2-4-6-12/h2-10H,11H2,1H3. The molecule has 1 heterocycles. The summed E-state index contributed by atoms with van der Waals surface area (Å²) in [7, 11) is 1.35. The Labute approximate surface area is 121 Å². The van der Waals surface area contributed by atoms with Crippen LogP contribution in [-0.2, 0) is 11.3 Å². The number of fused-ring (bicyclic) bond motifs is 1. The van der Waals surface area contributed by atoms with E-state index in [1.807, 2.05) is 36.4 Å². The monoisotopic (exact) mass is 282 g/mol. The lowest BCUT2D eigenvalue weighted by atomic mass is 10.1. The molecule has 2 aromatic carbocycles. The highest BCUT2D eigenvalue weighted by Gasteiger charge is 2.13. The van der Waals surface area contributed by atoms with Gasteiger partial charge in [-0.25, -0.2) is 4.79 Å². The lowest BCUT2D eigenvalue weighted by molar-refractivity contribution is 0.0600. The normalized spacial score (nSPS) is 10.5. The van der Waals surface area contributed by atoms with Gasteiger partial charge in [0, 0.05) is 0 Å². The van der Waals surface area contributed by atoms with Crippen molar-refractivity contribution in [2.45, 2.75) is 6.61 Å².